The Balaban J connectivity index is 2.18. The summed E-state index contributed by atoms with van der Waals surface area (Å²) in [5, 5.41) is 23.8. The molecule has 1 aromatic heterocycles. The number of aliphatic hydroxyl groups is 2. The van der Waals surface area contributed by atoms with Crippen LogP contribution in [0.3, 0.4) is 0 Å². The van der Waals surface area contributed by atoms with Gasteiger partial charge in [0.25, 0.3) is 0 Å². The van der Waals surface area contributed by atoms with Crippen LogP contribution in [0.4, 0.5) is 13.2 Å². The number of benzene rings is 2. The molecule has 25 heavy (non-hydrogen) atoms. The fourth-order valence-corrected chi connectivity index (χ4v) is 3.03. The lowest BCUT2D eigenvalue weighted by atomic mass is 9.99. The summed E-state index contributed by atoms with van der Waals surface area (Å²) in [7, 11) is 0. The van der Waals surface area contributed by atoms with E-state index in [0.717, 1.165) is 16.4 Å². The van der Waals surface area contributed by atoms with Crippen LogP contribution in [0.1, 0.15) is 17.4 Å². The molecule has 132 valence electrons. The molecule has 0 fully saturated rings. The maximum absolute atomic E-state index is 12.6. The van der Waals surface area contributed by atoms with E-state index in [1.807, 2.05) is 13.0 Å². The van der Waals surface area contributed by atoms with Crippen LogP contribution in [-0.2, 0) is 6.54 Å². The molecule has 0 saturated carbocycles. The third-order valence-corrected chi connectivity index (χ3v) is 4.07. The van der Waals surface area contributed by atoms with Crippen LogP contribution in [0.2, 0.25) is 5.02 Å². The number of halogens is 4. The zero-order chi connectivity index (χ0) is 18.4. The lowest BCUT2D eigenvalue weighted by molar-refractivity contribution is -0.142. The minimum absolute atomic E-state index is 0.0672. The summed E-state index contributed by atoms with van der Waals surface area (Å²) in [5.41, 5.74) is 2.41. The monoisotopic (exact) mass is 370 g/mol. The number of aryl methyl sites for hydroxylation is 1. The molecule has 0 saturated heterocycles. The summed E-state index contributed by atoms with van der Waals surface area (Å²) in [6.07, 6.45) is -5.13. The molecule has 1 heterocycles. The van der Waals surface area contributed by atoms with E-state index in [9.17, 15) is 23.4 Å². The summed E-state index contributed by atoms with van der Waals surface area (Å²) in [5.74, 6) is 0. The average Bonchev–Trinajstić information content (AvgIpc) is 2.85. The number of alkyl halides is 3. The minimum Gasteiger partial charge on any atom is -0.364 e. The standard InChI is InChI=1S/C17H14ClF3N2O2/c1-9-2-3-11(14(18)4-9)10-5-12(16(24)25)13-7-23(8-17(19,20)21)22-15(13)6-10/h2-7,16,24-25H,8H2,1H3. The molecule has 0 radical (unpaired) electrons. The third-order valence-electron chi connectivity index (χ3n) is 3.76. The van der Waals surface area contributed by atoms with E-state index in [0.29, 0.717) is 16.1 Å². The van der Waals surface area contributed by atoms with Gasteiger partial charge in [0.1, 0.15) is 6.54 Å². The lowest BCUT2D eigenvalue weighted by Crippen LogP contribution is -2.17. The maximum Gasteiger partial charge on any atom is 0.408 e. The van der Waals surface area contributed by atoms with Crippen molar-refractivity contribution < 1.29 is 23.4 Å². The Morgan fingerprint density at radius 2 is 1.92 bits per heavy atom. The molecule has 0 bridgehead atoms. The Labute approximate surface area is 146 Å². The van der Waals surface area contributed by atoms with Crippen molar-refractivity contribution in [1.29, 1.82) is 0 Å². The molecule has 0 amide bonds. The van der Waals surface area contributed by atoms with Gasteiger partial charge in [-0.1, -0.05) is 23.7 Å². The van der Waals surface area contributed by atoms with Gasteiger partial charge < -0.3 is 10.2 Å². The number of hydrogen-bond donors (Lipinski definition) is 2. The van der Waals surface area contributed by atoms with Crippen molar-refractivity contribution in [1.82, 2.24) is 9.78 Å². The van der Waals surface area contributed by atoms with Gasteiger partial charge in [0.15, 0.2) is 6.29 Å². The molecule has 0 aliphatic heterocycles. The highest BCUT2D eigenvalue weighted by molar-refractivity contribution is 6.33. The normalized spacial score (nSPS) is 12.3. The number of hydrogen-bond acceptors (Lipinski definition) is 3. The van der Waals surface area contributed by atoms with E-state index in [4.69, 9.17) is 11.6 Å². The largest absolute Gasteiger partial charge is 0.408 e. The highest BCUT2D eigenvalue weighted by atomic mass is 35.5. The SMILES string of the molecule is Cc1ccc(-c2cc(C(O)O)c3cn(CC(F)(F)F)nc3c2)c(Cl)c1. The molecule has 0 aliphatic rings. The molecule has 2 N–H and O–H groups in total. The van der Waals surface area contributed by atoms with Crippen molar-refractivity contribution in [3.63, 3.8) is 0 Å². The fraction of sp³-hybridized carbons (Fsp3) is 0.235. The van der Waals surface area contributed by atoms with Crippen molar-refractivity contribution >= 4 is 22.5 Å². The van der Waals surface area contributed by atoms with Gasteiger partial charge in [-0.3, -0.25) is 4.68 Å². The van der Waals surface area contributed by atoms with Crippen LogP contribution in [0, 0.1) is 6.92 Å². The molecule has 0 aliphatic carbocycles. The Morgan fingerprint density at radius 3 is 2.52 bits per heavy atom. The second-order valence-corrected chi connectivity index (χ2v) is 6.20. The van der Waals surface area contributed by atoms with Crippen molar-refractivity contribution in [2.24, 2.45) is 0 Å². The van der Waals surface area contributed by atoms with Gasteiger partial charge in [0, 0.05) is 27.7 Å². The van der Waals surface area contributed by atoms with Gasteiger partial charge in [-0.15, -0.1) is 0 Å². The number of nitrogens with zero attached hydrogens (tertiary/aromatic N) is 2. The number of fused-ring (bicyclic) bond motifs is 1. The highest BCUT2D eigenvalue weighted by Crippen LogP contribution is 2.34. The van der Waals surface area contributed by atoms with Crippen molar-refractivity contribution in [2.75, 3.05) is 0 Å². The predicted octanol–water partition coefficient (Wildman–Crippen LogP) is 4.21. The number of aliphatic hydroxyl groups excluding tert-OH is 1. The first-order valence-corrected chi connectivity index (χ1v) is 7.72. The number of rotatable bonds is 3. The summed E-state index contributed by atoms with van der Waals surface area (Å²) >= 11 is 6.24. The van der Waals surface area contributed by atoms with E-state index in [-0.39, 0.29) is 16.5 Å². The van der Waals surface area contributed by atoms with E-state index in [1.54, 1.807) is 18.2 Å². The van der Waals surface area contributed by atoms with Gasteiger partial charge in [-0.05, 0) is 36.2 Å². The van der Waals surface area contributed by atoms with Crippen LogP contribution in [0.25, 0.3) is 22.0 Å². The van der Waals surface area contributed by atoms with Gasteiger partial charge >= 0.3 is 6.18 Å². The van der Waals surface area contributed by atoms with Crippen molar-refractivity contribution in [3.8, 4) is 11.1 Å². The summed E-state index contributed by atoms with van der Waals surface area (Å²) in [4.78, 5) is 0. The first-order chi connectivity index (χ1) is 11.6. The fourth-order valence-electron chi connectivity index (χ4n) is 2.69. The van der Waals surface area contributed by atoms with Crippen molar-refractivity contribution in [3.05, 3.63) is 52.7 Å². The molecule has 8 heteroatoms. The van der Waals surface area contributed by atoms with Crippen molar-refractivity contribution in [2.45, 2.75) is 25.9 Å². The second kappa shape index (κ2) is 6.33. The highest BCUT2D eigenvalue weighted by Gasteiger charge is 2.29. The van der Waals surface area contributed by atoms with Crippen LogP contribution in [0.15, 0.2) is 36.5 Å². The zero-order valence-corrected chi connectivity index (χ0v) is 13.8. The van der Waals surface area contributed by atoms with Crippen LogP contribution in [0.5, 0.6) is 0 Å². The maximum atomic E-state index is 12.6. The second-order valence-electron chi connectivity index (χ2n) is 5.80. The molecule has 3 aromatic rings. The molecule has 3 rings (SSSR count). The number of aromatic nitrogens is 2. The Bertz CT molecular complexity index is 936. The Hall–Kier alpha value is -2.09. The van der Waals surface area contributed by atoms with E-state index >= 15 is 0 Å². The summed E-state index contributed by atoms with van der Waals surface area (Å²) < 4.78 is 38.5. The molecule has 0 atom stereocenters. The van der Waals surface area contributed by atoms with Crippen LogP contribution in [-0.4, -0.2) is 26.2 Å². The zero-order valence-electron chi connectivity index (χ0n) is 13.0. The quantitative estimate of drug-likeness (QED) is 0.679. The summed E-state index contributed by atoms with van der Waals surface area (Å²) in [6, 6.07) is 8.41. The molecular weight excluding hydrogens is 357 g/mol. The van der Waals surface area contributed by atoms with Gasteiger partial charge in [0.05, 0.1) is 5.52 Å². The van der Waals surface area contributed by atoms with Gasteiger partial charge in [-0.25, -0.2) is 0 Å². The molecule has 0 unspecified atom stereocenters. The molecule has 4 nitrogen and oxygen atoms in total. The first kappa shape index (κ1) is 17.7. The smallest absolute Gasteiger partial charge is 0.364 e. The van der Waals surface area contributed by atoms with Gasteiger partial charge in [-0.2, -0.15) is 18.3 Å². The predicted molar refractivity (Wildman–Crippen MR) is 88.1 cm³/mol. The van der Waals surface area contributed by atoms with E-state index in [1.165, 1.54) is 6.07 Å². The molecule has 0 spiro atoms. The third kappa shape index (κ3) is 3.78. The lowest BCUT2D eigenvalue weighted by Gasteiger charge is -2.10. The van der Waals surface area contributed by atoms with E-state index < -0.39 is 19.0 Å². The topological polar surface area (TPSA) is 58.3 Å². The summed E-state index contributed by atoms with van der Waals surface area (Å²) in [6.45, 7) is 0.615. The van der Waals surface area contributed by atoms with Gasteiger partial charge in [0.2, 0.25) is 0 Å². The minimum atomic E-state index is -4.43. The van der Waals surface area contributed by atoms with Crippen LogP contribution >= 0.6 is 11.6 Å². The molecule has 2 aromatic carbocycles. The van der Waals surface area contributed by atoms with E-state index in [2.05, 4.69) is 5.10 Å². The first-order valence-electron chi connectivity index (χ1n) is 7.34. The average molecular weight is 371 g/mol. The molecular formula is C17H14ClF3N2O2. The van der Waals surface area contributed by atoms with Crippen LogP contribution < -0.4 is 0 Å². The Morgan fingerprint density at radius 1 is 1.20 bits per heavy atom. The Kier molecular flexibility index (Phi) is 4.49.